The normalized spacial score (nSPS) is 15.3. The summed E-state index contributed by atoms with van der Waals surface area (Å²) in [6.07, 6.45) is 0. The van der Waals surface area contributed by atoms with Gasteiger partial charge in [-0.3, -0.25) is 0 Å². The van der Waals surface area contributed by atoms with Crippen molar-refractivity contribution in [1.29, 1.82) is 0 Å². The lowest BCUT2D eigenvalue weighted by molar-refractivity contribution is 0.0730. The molecule has 1 aliphatic heterocycles. The molecule has 176 valence electrons. The highest BCUT2D eigenvalue weighted by Crippen LogP contribution is 2.29. The molecule has 1 fully saturated rings. The number of morpholine rings is 1. The Kier molecular flexibility index (Phi) is 7.48. The molecule has 0 atom stereocenters. The third kappa shape index (κ3) is 5.46. The van der Waals surface area contributed by atoms with Gasteiger partial charge in [0.05, 0.1) is 18.1 Å². The second-order valence-corrected chi connectivity index (χ2v) is 11.1. The Morgan fingerprint density at radius 1 is 1.09 bits per heavy atom. The lowest BCUT2D eigenvalue weighted by Gasteiger charge is -2.26. The number of thioether (sulfide) groups is 1. The predicted molar refractivity (Wildman–Crippen MR) is 126 cm³/mol. The smallest absolute Gasteiger partial charge is 0.243 e. The van der Waals surface area contributed by atoms with Crippen LogP contribution in [0.25, 0.3) is 11.4 Å². The fraction of sp³-hybridized carbons (Fsp3) is 0.391. The average molecular weight is 491 g/mol. The van der Waals surface area contributed by atoms with Gasteiger partial charge in [-0.25, -0.2) is 12.8 Å². The highest BCUT2D eigenvalue weighted by Gasteiger charge is 2.27. The van der Waals surface area contributed by atoms with Crippen molar-refractivity contribution >= 4 is 21.8 Å². The van der Waals surface area contributed by atoms with Gasteiger partial charge in [0.2, 0.25) is 10.0 Å². The first kappa shape index (κ1) is 23.9. The average Bonchev–Trinajstić information content (AvgIpc) is 3.21. The molecule has 2 aromatic carbocycles. The van der Waals surface area contributed by atoms with Crippen molar-refractivity contribution in [2.45, 2.75) is 36.2 Å². The maximum atomic E-state index is 14.1. The summed E-state index contributed by atoms with van der Waals surface area (Å²) in [4.78, 5) is 0.224. The van der Waals surface area contributed by atoms with E-state index in [1.54, 1.807) is 30.3 Å². The zero-order valence-corrected chi connectivity index (χ0v) is 20.3. The van der Waals surface area contributed by atoms with Gasteiger partial charge < -0.3 is 9.30 Å². The van der Waals surface area contributed by atoms with E-state index in [0.717, 1.165) is 0 Å². The van der Waals surface area contributed by atoms with Crippen molar-refractivity contribution < 1.29 is 17.5 Å². The molecular weight excluding hydrogens is 463 g/mol. The number of aromatic nitrogens is 3. The van der Waals surface area contributed by atoms with Crippen LogP contribution in [0.4, 0.5) is 4.39 Å². The monoisotopic (exact) mass is 490 g/mol. The molecule has 7 nitrogen and oxygen atoms in total. The molecule has 0 amide bonds. The molecule has 4 rings (SSSR count). The van der Waals surface area contributed by atoms with Crippen molar-refractivity contribution in [3.8, 4) is 11.4 Å². The highest BCUT2D eigenvalue weighted by atomic mass is 32.2. The number of nitrogens with zero attached hydrogens (tertiary/aromatic N) is 4. The topological polar surface area (TPSA) is 77.3 Å². The maximum Gasteiger partial charge on any atom is 0.243 e. The molecule has 33 heavy (non-hydrogen) atoms. The summed E-state index contributed by atoms with van der Waals surface area (Å²) in [6, 6.07) is 13.5. The SMILES string of the molecule is CC(C)Cn1c(SCc2ccccc2F)nnc1-c1cccc(S(=O)(=O)N2CCOCC2)c1. The predicted octanol–water partition coefficient (Wildman–Crippen LogP) is 4.05. The van der Waals surface area contributed by atoms with Gasteiger partial charge in [0.1, 0.15) is 5.82 Å². The fourth-order valence-electron chi connectivity index (χ4n) is 3.63. The molecule has 0 unspecified atom stereocenters. The fourth-order valence-corrected chi connectivity index (χ4v) is 6.02. The number of hydrogen-bond donors (Lipinski definition) is 0. The van der Waals surface area contributed by atoms with Gasteiger partial charge in [-0.1, -0.05) is 55.9 Å². The van der Waals surface area contributed by atoms with Crippen molar-refractivity contribution in [1.82, 2.24) is 19.1 Å². The van der Waals surface area contributed by atoms with Crippen LogP contribution in [0.5, 0.6) is 0 Å². The lowest BCUT2D eigenvalue weighted by Crippen LogP contribution is -2.40. The molecule has 2 heterocycles. The van der Waals surface area contributed by atoms with Crippen LogP contribution in [0.1, 0.15) is 19.4 Å². The molecule has 0 spiro atoms. The van der Waals surface area contributed by atoms with Crippen LogP contribution < -0.4 is 0 Å². The summed E-state index contributed by atoms with van der Waals surface area (Å²) in [5.74, 6) is 1.08. The van der Waals surface area contributed by atoms with Crippen molar-refractivity contribution in [3.05, 3.63) is 59.9 Å². The van der Waals surface area contributed by atoms with Crippen molar-refractivity contribution in [2.24, 2.45) is 5.92 Å². The van der Waals surface area contributed by atoms with Crippen LogP contribution >= 0.6 is 11.8 Å². The molecule has 1 saturated heterocycles. The maximum absolute atomic E-state index is 14.1. The molecule has 1 aliphatic rings. The first-order valence-corrected chi connectivity index (χ1v) is 13.3. The van der Waals surface area contributed by atoms with E-state index in [1.165, 1.54) is 22.1 Å². The minimum atomic E-state index is -3.62. The van der Waals surface area contributed by atoms with Gasteiger partial charge in [0.25, 0.3) is 0 Å². The number of hydrogen-bond acceptors (Lipinski definition) is 6. The number of rotatable bonds is 8. The largest absolute Gasteiger partial charge is 0.379 e. The third-order valence-corrected chi connectivity index (χ3v) is 8.19. The van der Waals surface area contributed by atoms with E-state index in [4.69, 9.17) is 4.74 Å². The summed E-state index contributed by atoms with van der Waals surface area (Å²) in [7, 11) is -3.62. The first-order valence-electron chi connectivity index (χ1n) is 10.8. The third-order valence-electron chi connectivity index (χ3n) is 5.28. The molecule has 3 aromatic rings. The van der Waals surface area contributed by atoms with Crippen molar-refractivity contribution in [3.63, 3.8) is 0 Å². The van der Waals surface area contributed by atoms with E-state index in [0.29, 0.717) is 66.6 Å². The van der Waals surface area contributed by atoms with Gasteiger partial charge in [-0.15, -0.1) is 10.2 Å². The number of benzene rings is 2. The Hall–Kier alpha value is -2.27. The van der Waals surface area contributed by atoms with Crippen LogP contribution in [0, 0.1) is 11.7 Å². The highest BCUT2D eigenvalue weighted by molar-refractivity contribution is 7.98. The van der Waals surface area contributed by atoms with Gasteiger partial charge in [-0.05, 0) is 29.7 Å². The second-order valence-electron chi connectivity index (χ2n) is 8.24. The van der Waals surface area contributed by atoms with Crippen molar-refractivity contribution in [2.75, 3.05) is 26.3 Å². The van der Waals surface area contributed by atoms with E-state index in [9.17, 15) is 12.8 Å². The van der Waals surface area contributed by atoms with Gasteiger partial charge in [0.15, 0.2) is 11.0 Å². The number of halogens is 1. The molecule has 10 heteroatoms. The standard InChI is InChI=1S/C23H27FN4O3S2/c1-17(2)15-28-22(25-26-23(28)32-16-19-6-3-4-9-21(19)24)18-7-5-8-20(14-18)33(29,30)27-10-12-31-13-11-27/h3-9,14,17H,10-13,15-16H2,1-2H3. The van der Waals surface area contributed by atoms with E-state index in [2.05, 4.69) is 24.0 Å². The van der Waals surface area contributed by atoms with E-state index in [1.807, 2.05) is 16.7 Å². The molecular formula is C23H27FN4O3S2. The first-order chi connectivity index (χ1) is 15.9. The minimum absolute atomic E-state index is 0.224. The Labute approximate surface area is 198 Å². The van der Waals surface area contributed by atoms with Gasteiger partial charge >= 0.3 is 0 Å². The summed E-state index contributed by atoms with van der Waals surface area (Å²) >= 11 is 1.41. The zero-order chi connectivity index (χ0) is 23.4. The number of sulfonamides is 1. The van der Waals surface area contributed by atoms with Crippen LogP contribution in [0.3, 0.4) is 0 Å². The Balaban J connectivity index is 1.64. The number of ether oxygens (including phenoxy) is 1. The Bertz CT molecular complexity index is 1210. The van der Waals surface area contributed by atoms with Gasteiger partial charge in [-0.2, -0.15) is 4.31 Å². The van der Waals surface area contributed by atoms with Gasteiger partial charge in [0, 0.05) is 31.0 Å². The summed E-state index contributed by atoms with van der Waals surface area (Å²) in [5, 5.41) is 9.40. The Morgan fingerprint density at radius 2 is 1.85 bits per heavy atom. The summed E-state index contributed by atoms with van der Waals surface area (Å²) < 4.78 is 49.0. The van der Waals surface area contributed by atoms with Crippen LogP contribution in [-0.2, 0) is 27.1 Å². The molecule has 0 radical (unpaired) electrons. The summed E-state index contributed by atoms with van der Waals surface area (Å²) in [5.41, 5.74) is 1.27. The zero-order valence-electron chi connectivity index (χ0n) is 18.6. The quantitative estimate of drug-likeness (QED) is 0.444. The molecule has 0 bridgehead atoms. The molecule has 0 saturated carbocycles. The summed E-state index contributed by atoms with van der Waals surface area (Å²) in [6.45, 7) is 6.31. The second kappa shape index (κ2) is 10.3. The van der Waals surface area contributed by atoms with Crippen LogP contribution in [0.2, 0.25) is 0 Å². The minimum Gasteiger partial charge on any atom is -0.379 e. The molecule has 0 aliphatic carbocycles. The van der Waals surface area contributed by atoms with E-state index in [-0.39, 0.29) is 10.7 Å². The van der Waals surface area contributed by atoms with E-state index < -0.39 is 10.0 Å². The van der Waals surface area contributed by atoms with Crippen LogP contribution in [-0.4, -0.2) is 53.8 Å². The lowest BCUT2D eigenvalue weighted by atomic mass is 10.2. The molecule has 1 aromatic heterocycles. The Morgan fingerprint density at radius 3 is 2.58 bits per heavy atom. The van der Waals surface area contributed by atoms with E-state index >= 15 is 0 Å². The molecule has 0 N–H and O–H groups in total. The van der Waals surface area contributed by atoms with Crippen LogP contribution in [0.15, 0.2) is 58.6 Å².